The Morgan fingerprint density at radius 3 is 2.48 bits per heavy atom. The molecular formula is C16H15BrN2O3S. The van der Waals surface area contributed by atoms with Gasteiger partial charge < -0.3 is 9.64 Å². The van der Waals surface area contributed by atoms with Crippen LogP contribution in [0.15, 0.2) is 51.8 Å². The first-order valence-corrected chi connectivity index (χ1v) is 9.64. The summed E-state index contributed by atoms with van der Waals surface area (Å²) >= 11 is 3.37. The summed E-state index contributed by atoms with van der Waals surface area (Å²) in [5.41, 5.74) is 0.759. The Hall–Kier alpha value is -1.57. The SMILES string of the molecule is O=S1(=O)NCN(C2CC2)c2ccc(Oc3ccc(Br)cc3)cc21. The number of ether oxygens (including phenoxy) is 1. The van der Waals surface area contributed by atoms with Crippen LogP contribution in [0.25, 0.3) is 0 Å². The fraction of sp³-hybridized carbons (Fsp3) is 0.250. The molecule has 1 aliphatic heterocycles. The van der Waals surface area contributed by atoms with Crippen LogP contribution in [0.3, 0.4) is 0 Å². The minimum atomic E-state index is -3.48. The molecule has 0 unspecified atom stereocenters. The van der Waals surface area contributed by atoms with Crippen LogP contribution < -0.4 is 14.4 Å². The monoisotopic (exact) mass is 394 g/mol. The maximum absolute atomic E-state index is 12.3. The highest BCUT2D eigenvalue weighted by Crippen LogP contribution is 2.39. The fourth-order valence-electron chi connectivity index (χ4n) is 2.68. The third kappa shape index (κ3) is 2.96. The molecule has 1 fully saturated rings. The molecule has 0 amide bonds. The smallest absolute Gasteiger partial charge is 0.244 e. The molecule has 1 N–H and O–H groups in total. The summed E-state index contributed by atoms with van der Waals surface area (Å²) in [5, 5.41) is 0. The van der Waals surface area contributed by atoms with Crippen molar-refractivity contribution in [2.75, 3.05) is 11.6 Å². The maximum Gasteiger partial charge on any atom is 0.244 e. The number of benzene rings is 2. The first kappa shape index (κ1) is 15.0. The molecule has 23 heavy (non-hydrogen) atoms. The zero-order chi connectivity index (χ0) is 16.0. The van der Waals surface area contributed by atoms with Crippen LogP contribution in [-0.4, -0.2) is 21.1 Å². The van der Waals surface area contributed by atoms with Gasteiger partial charge in [-0.25, -0.2) is 8.42 Å². The Kier molecular flexibility index (Phi) is 3.59. The molecule has 5 nitrogen and oxygen atoms in total. The first-order valence-electron chi connectivity index (χ1n) is 7.37. The Morgan fingerprint density at radius 1 is 1.09 bits per heavy atom. The average Bonchev–Trinajstić information content (AvgIpc) is 3.35. The van der Waals surface area contributed by atoms with E-state index < -0.39 is 10.0 Å². The molecule has 0 spiro atoms. The van der Waals surface area contributed by atoms with Crippen molar-refractivity contribution in [1.29, 1.82) is 0 Å². The average molecular weight is 395 g/mol. The number of nitrogens with one attached hydrogen (secondary N) is 1. The lowest BCUT2D eigenvalue weighted by atomic mass is 10.2. The molecule has 0 atom stereocenters. The molecule has 1 saturated carbocycles. The Bertz CT molecular complexity index is 848. The van der Waals surface area contributed by atoms with Crippen LogP contribution in [0, 0.1) is 0 Å². The second-order valence-electron chi connectivity index (χ2n) is 5.69. The van der Waals surface area contributed by atoms with Gasteiger partial charge in [0.15, 0.2) is 0 Å². The Morgan fingerprint density at radius 2 is 1.78 bits per heavy atom. The van der Waals surface area contributed by atoms with Crippen LogP contribution in [0.4, 0.5) is 5.69 Å². The molecule has 1 heterocycles. The number of nitrogens with zero attached hydrogens (tertiary/aromatic N) is 1. The van der Waals surface area contributed by atoms with Crippen LogP contribution in [-0.2, 0) is 10.0 Å². The number of rotatable bonds is 3. The van der Waals surface area contributed by atoms with E-state index in [0.29, 0.717) is 24.2 Å². The van der Waals surface area contributed by atoms with E-state index >= 15 is 0 Å². The third-order valence-corrected chi connectivity index (χ3v) is 5.94. The van der Waals surface area contributed by atoms with Gasteiger partial charge in [0.05, 0.1) is 12.4 Å². The zero-order valence-corrected chi connectivity index (χ0v) is 14.6. The van der Waals surface area contributed by atoms with E-state index in [9.17, 15) is 8.42 Å². The predicted molar refractivity (Wildman–Crippen MR) is 91.3 cm³/mol. The van der Waals surface area contributed by atoms with E-state index in [4.69, 9.17) is 4.74 Å². The van der Waals surface area contributed by atoms with Crippen molar-refractivity contribution < 1.29 is 13.2 Å². The van der Waals surface area contributed by atoms with Gasteiger partial charge in [0.25, 0.3) is 0 Å². The van der Waals surface area contributed by atoms with Gasteiger partial charge >= 0.3 is 0 Å². The third-order valence-electron chi connectivity index (χ3n) is 3.99. The number of sulfonamides is 1. The molecule has 2 aromatic carbocycles. The molecule has 120 valence electrons. The minimum absolute atomic E-state index is 0.283. The second kappa shape index (κ2) is 5.51. The summed E-state index contributed by atoms with van der Waals surface area (Å²) in [5.74, 6) is 1.17. The largest absolute Gasteiger partial charge is 0.457 e. The van der Waals surface area contributed by atoms with Crippen molar-refractivity contribution in [3.05, 3.63) is 46.9 Å². The van der Waals surface area contributed by atoms with Gasteiger partial charge in [0.2, 0.25) is 10.0 Å². The molecule has 0 saturated heterocycles. The summed E-state index contributed by atoms with van der Waals surface area (Å²) < 4.78 is 34.0. The highest BCUT2D eigenvalue weighted by atomic mass is 79.9. The number of hydrogen-bond acceptors (Lipinski definition) is 4. The first-order chi connectivity index (χ1) is 11.0. The number of fused-ring (bicyclic) bond motifs is 1. The lowest BCUT2D eigenvalue weighted by Gasteiger charge is -2.31. The molecular weight excluding hydrogens is 380 g/mol. The fourth-order valence-corrected chi connectivity index (χ4v) is 4.14. The van der Waals surface area contributed by atoms with Gasteiger partial charge in [0.1, 0.15) is 16.4 Å². The molecule has 7 heteroatoms. The van der Waals surface area contributed by atoms with Crippen molar-refractivity contribution in [3.8, 4) is 11.5 Å². The molecule has 1 aliphatic carbocycles. The Balaban J connectivity index is 1.69. The molecule has 4 rings (SSSR count). The van der Waals surface area contributed by atoms with Crippen molar-refractivity contribution in [3.63, 3.8) is 0 Å². The lowest BCUT2D eigenvalue weighted by Crippen LogP contribution is -2.44. The second-order valence-corrected chi connectivity index (χ2v) is 8.34. The highest BCUT2D eigenvalue weighted by molar-refractivity contribution is 9.10. The molecule has 2 aliphatic rings. The van der Waals surface area contributed by atoms with Gasteiger partial charge in [0, 0.05) is 16.6 Å². The number of hydrogen-bond donors (Lipinski definition) is 1. The normalized spacial score (nSPS) is 19.3. The summed E-state index contributed by atoms with van der Waals surface area (Å²) in [4.78, 5) is 2.39. The quantitative estimate of drug-likeness (QED) is 0.865. The zero-order valence-electron chi connectivity index (χ0n) is 12.2. The predicted octanol–water partition coefficient (Wildman–Crippen LogP) is 3.46. The summed E-state index contributed by atoms with van der Waals surface area (Å²) in [6.07, 6.45) is 2.22. The Labute approximate surface area is 143 Å². The number of halogens is 1. The molecule has 0 bridgehead atoms. The van der Waals surface area contributed by atoms with Crippen molar-refractivity contribution in [2.24, 2.45) is 0 Å². The maximum atomic E-state index is 12.3. The number of anilines is 1. The van der Waals surface area contributed by atoms with E-state index in [0.717, 1.165) is 23.0 Å². The van der Waals surface area contributed by atoms with Gasteiger partial charge in [-0.3, -0.25) is 0 Å². The van der Waals surface area contributed by atoms with E-state index in [1.807, 2.05) is 36.4 Å². The standard InChI is InChI=1S/C16H15BrN2O3S/c17-11-1-5-13(6-2-11)22-14-7-8-15-16(9-14)23(20,21)18-10-19(15)12-3-4-12/h1-2,5-9,12,18H,3-4,10H2. The topological polar surface area (TPSA) is 58.6 Å². The van der Waals surface area contributed by atoms with Gasteiger partial charge in [-0.2, -0.15) is 4.72 Å². The summed E-state index contributed by atoms with van der Waals surface area (Å²) in [6, 6.07) is 13.1. The molecule has 0 aromatic heterocycles. The van der Waals surface area contributed by atoms with Gasteiger partial charge in [-0.1, -0.05) is 15.9 Å². The minimum Gasteiger partial charge on any atom is -0.457 e. The highest BCUT2D eigenvalue weighted by Gasteiger charge is 2.36. The summed E-state index contributed by atoms with van der Waals surface area (Å²) in [7, 11) is -3.48. The van der Waals surface area contributed by atoms with E-state index in [1.165, 1.54) is 0 Å². The van der Waals surface area contributed by atoms with Gasteiger partial charge in [-0.05, 0) is 49.2 Å². The van der Waals surface area contributed by atoms with Crippen molar-refractivity contribution in [2.45, 2.75) is 23.8 Å². The summed E-state index contributed by atoms with van der Waals surface area (Å²) in [6.45, 7) is 0.340. The van der Waals surface area contributed by atoms with Gasteiger partial charge in [-0.15, -0.1) is 0 Å². The van der Waals surface area contributed by atoms with E-state index in [-0.39, 0.29) is 4.90 Å². The molecule has 2 aromatic rings. The van der Waals surface area contributed by atoms with Crippen LogP contribution >= 0.6 is 15.9 Å². The van der Waals surface area contributed by atoms with E-state index in [1.54, 1.807) is 6.07 Å². The van der Waals surface area contributed by atoms with Crippen molar-refractivity contribution in [1.82, 2.24) is 4.72 Å². The van der Waals surface area contributed by atoms with Crippen LogP contribution in [0.1, 0.15) is 12.8 Å². The van der Waals surface area contributed by atoms with Crippen molar-refractivity contribution >= 4 is 31.6 Å². The molecule has 0 radical (unpaired) electrons. The van der Waals surface area contributed by atoms with Crippen LogP contribution in [0.5, 0.6) is 11.5 Å². The van der Waals surface area contributed by atoms with Crippen LogP contribution in [0.2, 0.25) is 0 Å². The lowest BCUT2D eigenvalue weighted by molar-refractivity contribution is 0.480. The van der Waals surface area contributed by atoms with E-state index in [2.05, 4.69) is 25.6 Å².